The molecule has 1 aliphatic rings. The van der Waals surface area contributed by atoms with Gasteiger partial charge in [-0.25, -0.2) is 0 Å². The number of rotatable bonds is 1. The summed E-state index contributed by atoms with van der Waals surface area (Å²) in [7, 11) is 0. The molecule has 0 saturated carbocycles. The number of aliphatic hydroxyl groups is 1. The summed E-state index contributed by atoms with van der Waals surface area (Å²) in [5, 5.41) is 17.8. The molecule has 3 nitrogen and oxygen atoms in total. The summed E-state index contributed by atoms with van der Waals surface area (Å²) >= 11 is 0. The van der Waals surface area contributed by atoms with Crippen molar-refractivity contribution in [3.63, 3.8) is 0 Å². The lowest BCUT2D eigenvalue weighted by atomic mass is 10.2. The van der Waals surface area contributed by atoms with E-state index in [4.69, 9.17) is 5.26 Å². The Morgan fingerprint density at radius 3 is 3.00 bits per heavy atom. The van der Waals surface area contributed by atoms with E-state index in [0.29, 0.717) is 12.1 Å². The van der Waals surface area contributed by atoms with E-state index in [1.807, 2.05) is 6.92 Å². The third-order valence-corrected chi connectivity index (χ3v) is 1.64. The average Bonchev–Trinajstić information content (AvgIpc) is 2.05. The Labute approximate surface area is 65.9 Å². The monoisotopic (exact) mass is 150 g/mol. The van der Waals surface area contributed by atoms with Crippen molar-refractivity contribution in [3.05, 3.63) is 23.6 Å². The number of likely N-dealkylation sites (N-methyl/N-ethyl adjacent to an activating group) is 1. The lowest BCUT2D eigenvalue weighted by Crippen LogP contribution is -2.26. The van der Waals surface area contributed by atoms with E-state index in [9.17, 15) is 5.11 Å². The normalized spacial score (nSPS) is 16.9. The minimum Gasteiger partial charge on any atom is -0.495 e. The van der Waals surface area contributed by atoms with Gasteiger partial charge in [0.05, 0.1) is 12.6 Å². The molecule has 1 aliphatic heterocycles. The van der Waals surface area contributed by atoms with E-state index < -0.39 is 0 Å². The average molecular weight is 150 g/mol. The van der Waals surface area contributed by atoms with Crippen LogP contribution in [0.25, 0.3) is 0 Å². The number of allylic oxidation sites excluding steroid dienone is 2. The molecule has 0 aromatic heterocycles. The van der Waals surface area contributed by atoms with E-state index >= 15 is 0 Å². The maximum Gasteiger partial charge on any atom is 0.187 e. The van der Waals surface area contributed by atoms with Crippen LogP contribution in [-0.4, -0.2) is 23.1 Å². The number of hydrogen-bond acceptors (Lipinski definition) is 3. The molecule has 0 saturated heterocycles. The minimum atomic E-state index is 0.242. The molecule has 3 heteroatoms. The third-order valence-electron chi connectivity index (χ3n) is 1.64. The van der Waals surface area contributed by atoms with Crippen LogP contribution < -0.4 is 0 Å². The molecule has 58 valence electrons. The van der Waals surface area contributed by atoms with Gasteiger partial charge in [-0.2, -0.15) is 5.26 Å². The fourth-order valence-corrected chi connectivity index (χ4v) is 0.966. The van der Waals surface area contributed by atoms with E-state index in [1.54, 1.807) is 17.1 Å². The fraction of sp³-hybridized carbons (Fsp3) is 0.375. The zero-order valence-corrected chi connectivity index (χ0v) is 6.41. The molecule has 1 N–H and O–H groups in total. The summed E-state index contributed by atoms with van der Waals surface area (Å²) in [6, 6.07) is 2.05. The summed E-state index contributed by atoms with van der Waals surface area (Å²) in [5.41, 5.74) is 0.685. The zero-order chi connectivity index (χ0) is 8.27. The van der Waals surface area contributed by atoms with Crippen molar-refractivity contribution in [3.8, 4) is 6.07 Å². The van der Waals surface area contributed by atoms with Crippen LogP contribution in [0.15, 0.2) is 23.6 Å². The topological polar surface area (TPSA) is 47.3 Å². The SMILES string of the molecule is CCN1CC(C#N)=CC=C1O. The van der Waals surface area contributed by atoms with Crippen LogP contribution in [0.3, 0.4) is 0 Å². The van der Waals surface area contributed by atoms with Gasteiger partial charge in [0.1, 0.15) is 0 Å². The Hall–Kier alpha value is -1.43. The van der Waals surface area contributed by atoms with Gasteiger partial charge in [-0.3, -0.25) is 0 Å². The highest BCUT2D eigenvalue weighted by molar-refractivity contribution is 5.31. The first-order valence-electron chi connectivity index (χ1n) is 3.52. The van der Waals surface area contributed by atoms with Crippen molar-refractivity contribution in [1.29, 1.82) is 5.26 Å². The number of aliphatic hydroxyl groups excluding tert-OH is 1. The molecule has 0 aromatic carbocycles. The highest BCUT2D eigenvalue weighted by Crippen LogP contribution is 2.10. The molecular formula is C8H10N2O. The smallest absolute Gasteiger partial charge is 0.187 e. The van der Waals surface area contributed by atoms with Gasteiger partial charge in [0.25, 0.3) is 0 Å². The molecule has 0 unspecified atom stereocenters. The van der Waals surface area contributed by atoms with Crippen molar-refractivity contribution in [2.24, 2.45) is 0 Å². The molecule has 0 amide bonds. The van der Waals surface area contributed by atoms with Crippen LogP contribution in [0.1, 0.15) is 6.92 Å². The summed E-state index contributed by atoms with van der Waals surface area (Å²) < 4.78 is 0. The minimum absolute atomic E-state index is 0.242. The zero-order valence-electron chi connectivity index (χ0n) is 6.41. The molecule has 1 heterocycles. The second kappa shape index (κ2) is 3.11. The van der Waals surface area contributed by atoms with E-state index in [2.05, 4.69) is 6.07 Å². The lowest BCUT2D eigenvalue weighted by Gasteiger charge is -2.23. The molecule has 11 heavy (non-hydrogen) atoms. The highest BCUT2D eigenvalue weighted by atomic mass is 16.3. The summed E-state index contributed by atoms with van der Waals surface area (Å²) in [5.74, 6) is 0.242. The fourth-order valence-electron chi connectivity index (χ4n) is 0.966. The summed E-state index contributed by atoms with van der Waals surface area (Å²) in [6.45, 7) is 3.18. The standard InChI is InChI=1S/C8H10N2O/c1-2-10-6-7(5-9)3-4-8(10)11/h3-4,11H,2,6H2,1H3. The maximum absolute atomic E-state index is 9.22. The van der Waals surface area contributed by atoms with E-state index in [-0.39, 0.29) is 5.88 Å². The summed E-state index contributed by atoms with van der Waals surface area (Å²) in [6.07, 6.45) is 3.19. The lowest BCUT2D eigenvalue weighted by molar-refractivity contribution is 0.218. The van der Waals surface area contributed by atoms with Gasteiger partial charge >= 0.3 is 0 Å². The van der Waals surface area contributed by atoms with Crippen molar-refractivity contribution >= 4 is 0 Å². The first-order chi connectivity index (χ1) is 5.27. The summed E-state index contributed by atoms with van der Waals surface area (Å²) in [4.78, 5) is 1.73. The highest BCUT2D eigenvalue weighted by Gasteiger charge is 2.11. The quantitative estimate of drug-likeness (QED) is 0.610. The van der Waals surface area contributed by atoms with Crippen LogP contribution in [0.4, 0.5) is 0 Å². The third kappa shape index (κ3) is 1.53. The van der Waals surface area contributed by atoms with Crippen molar-refractivity contribution in [2.75, 3.05) is 13.1 Å². The van der Waals surface area contributed by atoms with Crippen LogP contribution in [-0.2, 0) is 0 Å². The molecule has 0 aliphatic carbocycles. The molecule has 0 spiro atoms. The number of nitriles is 1. The van der Waals surface area contributed by atoms with Crippen molar-refractivity contribution in [2.45, 2.75) is 6.92 Å². The van der Waals surface area contributed by atoms with Gasteiger partial charge in [0, 0.05) is 12.1 Å². The predicted molar refractivity (Wildman–Crippen MR) is 41.7 cm³/mol. The Kier molecular flexibility index (Phi) is 2.17. The van der Waals surface area contributed by atoms with E-state index in [0.717, 1.165) is 6.54 Å². The molecule has 1 rings (SSSR count). The molecule has 0 bridgehead atoms. The first-order valence-corrected chi connectivity index (χ1v) is 3.52. The van der Waals surface area contributed by atoms with Crippen molar-refractivity contribution < 1.29 is 5.11 Å². The molecule has 0 atom stereocenters. The van der Waals surface area contributed by atoms with Gasteiger partial charge in [-0.05, 0) is 19.1 Å². The first kappa shape index (κ1) is 7.67. The van der Waals surface area contributed by atoms with Crippen molar-refractivity contribution in [1.82, 2.24) is 4.90 Å². The van der Waals surface area contributed by atoms with Gasteiger partial charge < -0.3 is 10.0 Å². The maximum atomic E-state index is 9.22. The second-order valence-electron chi connectivity index (χ2n) is 2.34. The number of nitrogens with zero attached hydrogens (tertiary/aromatic N) is 2. The Morgan fingerprint density at radius 2 is 2.45 bits per heavy atom. The second-order valence-corrected chi connectivity index (χ2v) is 2.34. The molecule has 0 radical (unpaired) electrons. The Bertz CT molecular complexity index is 247. The predicted octanol–water partition coefficient (Wildman–Crippen LogP) is 1.17. The van der Waals surface area contributed by atoms with E-state index in [1.165, 1.54) is 0 Å². The number of hydrogen-bond donors (Lipinski definition) is 1. The Morgan fingerprint density at radius 1 is 1.73 bits per heavy atom. The van der Waals surface area contributed by atoms with Gasteiger partial charge in [0.2, 0.25) is 0 Å². The van der Waals surface area contributed by atoms with Crippen LogP contribution in [0.5, 0.6) is 0 Å². The molecular weight excluding hydrogens is 140 g/mol. The molecule has 0 fully saturated rings. The van der Waals surface area contributed by atoms with Gasteiger partial charge in [-0.15, -0.1) is 0 Å². The van der Waals surface area contributed by atoms with Crippen LogP contribution >= 0.6 is 0 Å². The Balaban J connectivity index is 2.77. The van der Waals surface area contributed by atoms with Crippen LogP contribution in [0.2, 0.25) is 0 Å². The largest absolute Gasteiger partial charge is 0.495 e. The van der Waals surface area contributed by atoms with Gasteiger partial charge in [-0.1, -0.05) is 0 Å². The van der Waals surface area contributed by atoms with Gasteiger partial charge in [0.15, 0.2) is 5.88 Å². The molecule has 0 aromatic rings. The van der Waals surface area contributed by atoms with Crippen LogP contribution in [0, 0.1) is 11.3 Å².